The number of piperazine rings is 1. The Balaban J connectivity index is 1.81. The van der Waals surface area contributed by atoms with Crippen molar-refractivity contribution in [1.29, 1.82) is 0 Å². The van der Waals surface area contributed by atoms with E-state index in [-0.39, 0.29) is 17.9 Å². The molecular formula is C18H27N3O2S. The fourth-order valence-electron chi connectivity index (χ4n) is 2.65. The van der Waals surface area contributed by atoms with E-state index in [1.165, 1.54) is 0 Å². The smallest absolute Gasteiger partial charge is 0.253 e. The predicted molar refractivity (Wildman–Crippen MR) is 98.5 cm³/mol. The van der Waals surface area contributed by atoms with Gasteiger partial charge in [-0.05, 0) is 43.9 Å². The molecule has 0 spiro atoms. The highest BCUT2D eigenvalue weighted by Crippen LogP contribution is 2.16. The number of amides is 2. The number of nitrogens with zero attached hydrogens (tertiary/aromatic N) is 2. The van der Waals surface area contributed by atoms with Crippen LogP contribution in [0.15, 0.2) is 29.2 Å². The number of thioether (sulfide) groups is 1. The average Bonchev–Trinajstić information content (AvgIpc) is 2.61. The number of rotatable bonds is 6. The van der Waals surface area contributed by atoms with Gasteiger partial charge >= 0.3 is 0 Å². The lowest BCUT2D eigenvalue weighted by atomic mass is 10.2. The first-order chi connectivity index (χ1) is 11.5. The molecule has 2 rings (SSSR count). The van der Waals surface area contributed by atoms with E-state index in [2.05, 4.69) is 17.1 Å². The van der Waals surface area contributed by atoms with Crippen LogP contribution >= 0.6 is 11.8 Å². The Kier molecular flexibility index (Phi) is 7.12. The minimum absolute atomic E-state index is 0.0665. The van der Waals surface area contributed by atoms with Crippen LogP contribution in [0, 0.1) is 0 Å². The summed E-state index contributed by atoms with van der Waals surface area (Å²) in [5, 5.41) is 2.98. The molecule has 6 heteroatoms. The van der Waals surface area contributed by atoms with Crippen molar-refractivity contribution in [3.63, 3.8) is 0 Å². The summed E-state index contributed by atoms with van der Waals surface area (Å²) in [7, 11) is 0. The monoisotopic (exact) mass is 349 g/mol. The van der Waals surface area contributed by atoms with E-state index in [9.17, 15) is 9.59 Å². The number of benzene rings is 1. The Morgan fingerprint density at radius 2 is 1.79 bits per heavy atom. The summed E-state index contributed by atoms with van der Waals surface area (Å²) in [5.41, 5.74) is 0.732. The minimum atomic E-state index is 0.0665. The topological polar surface area (TPSA) is 52.7 Å². The summed E-state index contributed by atoms with van der Waals surface area (Å²) in [6.45, 7) is 7.29. The van der Waals surface area contributed by atoms with Crippen LogP contribution in [0.3, 0.4) is 0 Å². The van der Waals surface area contributed by atoms with E-state index in [0.717, 1.165) is 30.0 Å². The summed E-state index contributed by atoms with van der Waals surface area (Å²) >= 11 is 1.67. The number of carbonyl (C=O) groups is 2. The average molecular weight is 350 g/mol. The van der Waals surface area contributed by atoms with Crippen molar-refractivity contribution in [2.24, 2.45) is 0 Å². The number of hydrogen-bond acceptors (Lipinski definition) is 4. The molecule has 0 aliphatic carbocycles. The predicted octanol–water partition coefficient (Wildman–Crippen LogP) is 2.08. The molecule has 24 heavy (non-hydrogen) atoms. The maximum Gasteiger partial charge on any atom is 0.253 e. The van der Waals surface area contributed by atoms with Gasteiger partial charge < -0.3 is 10.2 Å². The molecule has 1 fully saturated rings. The molecule has 1 aromatic carbocycles. The van der Waals surface area contributed by atoms with Crippen LogP contribution in [0.2, 0.25) is 0 Å². The highest BCUT2D eigenvalue weighted by molar-refractivity contribution is 7.98. The van der Waals surface area contributed by atoms with E-state index in [4.69, 9.17) is 0 Å². The molecule has 1 heterocycles. The minimum Gasteiger partial charge on any atom is -0.353 e. The Bertz CT molecular complexity index is 554. The summed E-state index contributed by atoms with van der Waals surface area (Å²) in [6, 6.07) is 7.95. The van der Waals surface area contributed by atoms with Crippen LogP contribution in [-0.4, -0.2) is 66.6 Å². The highest BCUT2D eigenvalue weighted by Gasteiger charge is 2.23. The fraction of sp³-hybridized carbons (Fsp3) is 0.556. The van der Waals surface area contributed by atoms with Crippen molar-refractivity contribution in [2.75, 3.05) is 39.0 Å². The largest absolute Gasteiger partial charge is 0.353 e. The third-order valence-corrected chi connectivity index (χ3v) is 5.13. The van der Waals surface area contributed by atoms with Crippen LogP contribution in [0.4, 0.5) is 0 Å². The Hall–Kier alpha value is -1.53. The molecule has 1 saturated heterocycles. The third kappa shape index (κ3) is 5.24. The second kappa shape index (κ2) is 9.08. The van der Waals surface area contributed by atoms with Crippen molar-refractivity contribution in [3.05, 3.63) is 29.8 Å². The van der Waals surface area contributed by atoms with E-state index >= 15 is 0 Å². The fourth-order valence-corrected chi connectivity index (χ4v) is 3.06. The molecule has 2 amide bonds. The molecule has 1 unspecified atom stereocenters. The van der Waals surface area contributed by atoms with Gasteiger partial charge in [-0.3, -0.25) is 14.5 Å². The second-order valence-electron chi connectivity index (χ2n) is 6.17. The van der Waals surface area contributed by atoms with Crippen LogP contribution in [0.25, 0.3) is 0 Å². The Labute approximate surface area is 148 Å². The van der Waals surface area contributed by atoms with E-state index in [1.807, 2.05) is 42.3 Å². The number of hydrogen-bond donors (Lipinski definition) is 1. The van der Waals surface area contributed by atoms with Crippen molar-refractivity contribution in [3.8, 4) is 0 Å². The van der Waals surface area contributed by atoms with Gasteiger partial charge in [-0.15, -0.1) is 11.8 Å². The van der Waals surface area contributed by atoms with E-state index in [1.54, 1.807) is 11.8 Å². The molecule has 1 aliphatic heterocycles. The SMILES string of the molecule is CCC(C)NC(=O)CN1CCN(C(=O)c2ccc(SC)cc2)CC1. The zero-order valence-corrected chi connectivity index (χ0v) is 15.6. The zero-order valence-electron chi connectivity index (χ0n) is 14.7. The molecule has 1 atom stereocenters. The van der Waals surface area contributed by atoms with Crippen LogP contribution in [-0.2, 0) is 4.79 Å². The van der Waals surface area contributed by atoms with Gasteiger partial charge in [0.05, 0.1) is 6.54 Å². The van der Waals surface area contributed by atoms with Crippen molar-refractivity contribution in [2.45, 2.75) is 31.2 Å². The molecule has 5 nitrogen and oxygen atoms in total. The quantitative estimate of drug-likeness (QED) is 0.799. The van der Waals surface area contributed by atoms with Crippen molar-refractivity contribution < 1.29 is 9.59 Å². The molecule has 132 valence electrons. The van der Waals surface area contributed by atoms with Gasteiger partial charge in [0.1, 0.15) is 0 Å². The van der Waals surface area contributed by atoms with Gasteiger partial charge in [-0.25, -0.2) is 0 Å². The van der Waals surface area contributed by atoms with Crippen LogP contribution in [0.1, 0.15) is 30.6 Å². The van der Waals surface area contributed by atoms with Crippen LogP contribution in [0.5, 0.6) is 0 Å². The summed E-state index contributed by atoms with van der Waals surface area (Å²) in [5.74, 6) is 0.142. The van der Waals surface area contributed by atoms with Gasteiger partial charge in [0.15, 0.2) is 0 Å². The lowest BCUT2D eigenvalue weighted by Crippen LogP contribution is -2.51. The van der Waals surface area contributed by atoms with Gasteiger partial charge in [0.25, 0.3) is 5.91 Å². The van der Waals surface area contributed by atoms with Crippen molar-refractivity contribution in [1.82, 2.24) is 15.1 Å². The first-order valence-electron chi connectivity index (χ1n) is 8.48. The van der Waals surface area contributed by atoms with E-state index < -0.39 is 0 Å². The van der Waals surface area contributed by atoms with E-state index in [0.29, 0.717) is 19.6 Å². The first-order valence-corrected chi connectivity index (χ1v) is 9.71. The number of nitrogens with one attached hydrogen (secondary N) is 1. The van der Waals surface area contributed by atoms with Crippen molar-refractivity contribution >= 4 is 23.6 Å². The molecule has 0 bridgehead atoms. The molecule has 1 aliphatic rings. The molecule has 0 aromatic heterocycles. The Morgan fingerprint density at radius 3 is 2.33 bits per heavy atom. The maximum absolute atomic E-state index is 12.5. The summed E-state index contributed by atoms with van der Waals surface area (Å²) < 4.78 is 0. The first kappa shape index (κ1) is 18.8. The second-order valence-corrected chi connectivity index (χ2v) is 7.05. The molecule has 0 radical (unpaired) electrons. The van der Waals surface area contributed by atoms with Gasteiger partial charge in [-0.2, -0.15) is 0 Å². The number of carbonyl (C=O) groups excluding carboxylic acids is 2. The van der Waals surface area contributed by atoms with Gasteiger partial charge in [-0.1, -0.05) is 6.92 Å². The molecular weight excluding hydrogens is 322 g/mol. The van der Waals surface area contributed by atoms with Crippen LogP contribution < -0.4 is 5.32 Å². The highest BCUT2D eigenvalue weighted by atomic mass is 32.2. The normalized spacial score (nSPS) is 16.7. The maximum atomic E-state index is 12.5. The molecule has 0 saturated carbocycles. The lowest BCUT2D eigenvalue weighted by Gasteiger charge is -2.34. The lowest BCUT2D eigenvalue weighted by molar-refractivity contribution is -0.123. The summed E-state index contributed by atoms with van der Waals surface area (Å²) in [6.07, 6.45) is 2.96. The molecule has 1 N–H and O–H groups in total. The molecule has 1 aromatic rings. The van der Waals surface area contributed by atoms with Gasteiger partial charge in [0.2, 0.25) is 5.91 Å². The third-order valence-electron chi connectivity index (χ3n) is 4.38. The van der Waals surface area contributed by atoms with Gasteiger partial charge in [0, 0.05) is 42.7 Å². The summed E-state index contributed by atoms with van der Waals surface area (Å²) in [4.78, 5) is 29.6. The Morgan fingerprint density at radius 1 is 1.17 bits per heavy atom. The zero-order chi connectivity index (χ0) is 17.5. The standard InChI is InChI=1S/C18H27N3O2S/c1-4-14(2)19-17(22)13-20-9-11-21(12-10-20)18(23)15-5-7-16(24-3)8-6-15/h5-8,14H,4,9-13H2,1-3H3,(H,19,22).